The number of hydrogen-bond donors (Lipinski definition) is 2. The Morgan fingerprint density at radius 3 is 2.52 bits per heavy atom. The van der Waals surface area contributed by atoms with Gasteiger partial charge in [0.25, 0.3) is 5.56 Å². The molecular weight excluding hydrogens is 406 g/mol. The minimum atomic E-state index is -0.233. The average molecular weight is 426 g/mol. The number of hydrogen-bond acceptors (Lipinski definition) is 6. The van der Waals surface area contributed by atoms with E-state index in [0.717, 1.165) is 33.5 Å². The monoisotopic (exact) mass is 425 g/mol. The third-order valence-electron chi connectivity index (χ3n) is 5.01. The maximum Gasteiger partial charge on any atom is 0.266 e. The minimum absolute atomic E-state index is 0.233. The molecule has 0 spiro atoms. The average Bonchev–Trinajstić information content (AvgIpc) is 3.28. The standard InChI is InChI=1S/C24H19N5OS/c1-29(17-10-6-3-7-11-17)22-13-18-19(26-23(30)14-25-18)12-20(22)27-24-28-21(15-31-24)16-8-4-2-5-9-16/h2-15H,1H3,(H,26,30)(H,27,28). The largest absolute Gasteiger partial charge is 0.343 e. The van der Waals surface area contributed by atoms with E-state index < -0.39 is 0 Å². The van der Waals surface area contributed by atoms with Crippen LogP contribution in [0.1, 0.15) is 0 Å². The van der Waals surface area contributed by atoms with Crippen molar-refractivity contribution in [2.75, 3.05) is 17.3 Å². The van der Waals surface area contributed by atoms with E-state index in [-0.39, 0.29) is 5.56 Å². The molecule has 0 aliphatic rings. The van der Waals surface area contributed by atoms with E-state index in [4.69, 9.17) is 4.98 Å². The summed E-state index contributed by atoms with van der Waals surface area (Å²) < 4.78 is 0. The van der Waals surface area contributed by atoms with Gasteiger partial charge >= 0.3 is 0 Å². The number of nitrogens with zero attached hydrogens (tertiary/aromatic N) is 3. The molecule has 0 amide bonds. The van der Waals surface area contributed by atoms with Gasteiger partial charge in [-0.25, -0.2) is 9.97 Å². The fourth-order valence-electron chi connectivity index (χ4n) is 3.43. The maximum absolute atomic E-state index is 11.8. The molecule has 0 fully saturated rings. The number of benzene rings is 3. The van der Waals surface area contributed by atoms with Crippen LogP contribution in [0.15, 0.2) is 89.2 Å². The minimum Gasteiger partial charge on any atom is -0.343 e. The molecule has 152 valence electrons. The summed E-state index contributed by atoms with van der Waals surface area (Å²) in [5.74, 6) is 0. The molecule has 0 atom stereocenters. The lowest BCUT2D eigenvalue weighted by Crippen LogP contribution is -2.12. The number of rotatable bonds is 5. The molecule has 0 saturated heterocycles. The van der Waals surface area contributed by atoms with Gasteiger partial charge in [0.1, 0.15) is 0 Å². The highest BCUT2D eigenvalue weighted by atomic mass is 32.1. The number of nitrogens with one attached hydrogen (secondary N) is 2. The van der Waals surface area contributed by atoms with Crippen molar-refractivity contribution in [1.29, 1.82) is 0 Å². The summed E-state index contributed by atoms with van der Waals surface area (Å²) >= 11 is 1.54. The molecule has 2 heterocycles. The molecule has 5 rings (SSSR count). The highest BCUT2D eigenvalue weighted by Crippen LogP contribution is 2.36. The second-order valence-electron chi connectivity index (χ2n) is 7.06. The molecule has 0 saturated carbocycles. The van der Waals surface area contributed by atoms with Crippen molar-refractivity contribution >= 4 is 44.6 Å². The summed E-state index contributed by atoms with van der Waals surface area (Å²) in [6.45, 7) is 0. The highest BCUT2D eigenvalue weighted by molar-refractivity contribution is 7.14. The van der Waals surface area contributed by atoms with Gasteiger partial charge in [-0.3, -0.25) is 4.79 Å². The number of H-pyrrole nitrogens is 1. The Bertz CT molecular complexity index is 1400. The number of anilines is 4. The predicted octanol–water partition coefficient (Wildman–Crippen LogP) is 5.56. The topological polar surface area (TPSA) is 73.9 Å². The Balaban J connectivity index is 1.58. The smallest absolute Gasteiger partial charge is 0.266 e. The molecule has 0 bridgehead atoms. The summed E-state index contributed by atoms with van der Waals surface area (Å²) in [5.41, 5.74) is 5.93. The van der Waals surface area contributed by atoms with Gasteiger partial charge in [0.2, 0.25) is 0 Å². The van der Waals surface area contributed by atoms with Gasteiger partial charge in [-0.05, 0) is 24.3 Å². The number of thiazole rings is 1. The summed E-state index contributed by atoms with van der Waals surface area (Å²) in [4.78, 5) is 25.8. The van der Waals surface area contributed by atoms with Gasteiger partial charge in [-0.15, -0.1) is 11.3 Å². The molecular formula is C24H19N5OS. The molecule has 0 unspecified atom stereocenters. The fraction of sp³-hybridized carbons (Fsp3) is 0.0417. The van der Waals surface area contributed by atoms with Crippen LogP contribution in [0.3, 0.4) is 0 Å². The Kier molecular flexibility index (Phi) is 4.93. The third kappa shape index (κ3) is 3.91. The molecule has 2 N–H and O–H groups in total. The Morgan fingerprint density at radius 1 is 1.00 bits per heavy atom. The van der Waals surface area contributed by atoms with Crippen LogP contribution in [-0.4, -0.2) is 22.0 Å². The van der Waals surface area contributed by atoms with Crippen molar-refractivity contribution in [2.45, 2.75) is 0 Å². The van der Waals surface area contributed by atoms with Gasteiger partial charge in [0.15, 0.2) is 5.13 Å². The zero-order valence-electron chi connectivity index (χ0n) is 16.7. The molecule has 6 nitrogen and oxygen atoms in total. The molecule has 2 aromatic heterocycles. The van der Waals surface area contributed by atoms with Crippen molar-refractivity contribution in [1.82, 2.24) is 15.0 Å². The van der Waals surface area contributed by atoms with E-state index in [1.54, 1.807) is 0 Å². The summed E-state index contributed by atoms with van der Waals surface area (Å²) in [7, 11) is 2.00. The van der Waals surface area contributed by atoms with Crippen LogP contribution in [0.25, 0.3) is 22.3 Å². The maximum atomic E-state index is 11.8. The van der Waals surface area contributed by atoms with E-state index in [0.29, 0.717) is 11.0 Å². The Morgan fingerprint density at radius 2 is 1.74 bits per heavy atom. The first-order chi connectivity index (χ1) is 15.2. The van der Waals surface area contributed by atoms with Gasteiger partial charge < -0.3 is 15.2 Å². The summed E-state index contributed by atoms with van der Waals surface area (Å²) in [6.07, 6.45) is 1.30. The molecule has 31 heavy (non-hydrogen) atoms. The van der Waals surface area contributed by atoms with E-state index in [1.165, 1.54) is 17.5 Å². The lowest BCUT2D eigenvalue weighted by molar-refractivity contribution is 1.19. The van der Waals surface area contributed by atoms with E-state index >= 15 is 0 Å². The lowest BCUT2D eigenvalue weighted by atomic mass is 10.2. The van der Waals surface area contributed by atoms with Crippen molar-refractivity contribution in [2.24, 2.45) is 0 Å². The first-order valence-electron chi connectivity index (χ1n) is 9.77. The van der Waals surface area contributed by atoms with Crippen LogP contribution in [0, 0.1) is 0 Å². The molecule has 5 aromatic rings. The molecule has 0 radical (unpaired) electrons. The quantitative estimate of drug-likeness (QED) is 0.386. The van der Waals surface area contributed by atoms with Crippen LogP contribution in [0.2, 0.25) is 0 Å². The van der Waals surface area contributed by atoms with Crippen LogP contribution in [-0.2, 0) is 0 Å². The van der Waals surface area contributed by atoms with Crippen LogP contribution in [0.5, 0.6) is 0 Å². The molecule has 3 aromatic carbocycles. The zero-order chi connectivity index (χ0) is 21.2. The van der Waals surface area contributed by atoms with E-state index in [2.05, 4.69) is 20.2 Å². The number of aromatic amines is 1. The summed E-state index contributed by atoms with van der Waals surface area (Å²) in [6, 6.07) is 24.0. The first-order valence-corrected chi connectivity index (χ1v) is 10.7. The second-order valence-corrected chi connectivity index (χ2v) is 7.92. The van der Waals surface area contributed by atoms with Crippen molar-refractivity contribution in [3.8, 4) is 11.3 Å². The SMILES string of the molecule is CN(c1ccccc1)c1cc2ncc(=O)[nH]c2cc1Nc1nc(-c2ccccc2)cs1. The van der Waals surface area contributed by atoms with Gasteiger partial charge in [0.05, 0.1) is 34.3 Å². The third-order valence-corrected chi connectivity index (χ3v) is 5.77. The van der Waals surface area contributed by atoms with E-state index in [1.807, 2.05) is 85.2 Å². The highest BCUT2D eigenvalue weighted by Gasteiger charge is 2.14. The van der Waals surface area contributed by atoms with Crippen molar-refractivity contribution in [3.05, 3.63) is 94.7 Å². The number of para-hydroxylation sites is 1. The van der Waals surface area contributed by atoms with Crippen LogP contribution < -0.4 is 15.8 Å². The molecule has 0 aliphatic carbocycles. The number of aromatic nitrogens is 3. The van der Waals surface area contributed by atoms with Gasteiger partial charge in [-0.1, -0.05) is 48.5 Å². The lowest BCUT2D eigenvalue weighted by Gasteiger charge is -2.23. The second kappa shape index (κ2) is 8.04. The summed E-state index contributed by atoms with van der Waals surface area (Å²) in [5, 5.41) is 6.24. The normalized spacial score (nSPS) is 10.9. The first kappa shape index (κ1) is 19.0. The Labute approximate surface area is 182 Å². The zero-order valence-corrected chi connectivity index (χ0v) is 17.6. The van der Waals surface area contributed by atoms with Crippen molar-refractivity contribution in [3.63, 3.8) is 0 Å². The Hall–Kier alpha value is -3.97. The van der Waals surface area contributed by atoms with E-state index in [9.17, 15) is 4.79 Å². The molecule has 0 aliphatic heterocycles. The van der Waals surface area contributed by atoms with Crippen LogP contribution >= 0.6 is 11.3 Å². The van der Waals surface area contributed by atoms with Crippen LogP contribution in [0.4, 0.5) is 22.2 Å². The van der Waals surface area contributed by atoms with Gasteiger partial charge in [-0.2, -0.15) is 0 Å². The molecule has 7 heteroatoms. The number of fused-ring (bicyclic) bond motifs is 1. The predicted molar refractivity (Wildman–Crippen MR) is 128 cm³/mol. The van der Waals surface area contributed by atoms with Gasteiger partial charge in [0, 0.05) is 23.7 Å². The van der Waals surface area contributed by atoms with Crippen molar-refractivity contribution < 1.29 is 0 Å². The fourth-order valence-corrected chi connectivity index (χ4v) is 4.17.